The molecule has 0 saturated carbocycles. The molecular weight excluding hydrogens is 240 g/mol. The zero-order valence-electron chi connectivity index (χ0n) is 10.3. The summed E-state index contributed by atoms with van der Waals surface area (Å²) in [7, 11) is 3.79. The molecule has 17 heavy (non-hydrogen) atoms. The quantitative estimate of drug-likeness (QED) is 0.709. The van der Waals surface area contributed by atoms with Crippen LogP contribution in [-0.2, 0) is 4.74 Å². The minimum absolute atomic E-state index is 0.517. The molecule has 1 saturated heterocycles. The fourth-order valence-corrected chi connectivity index (χ4v) is 2.22. The first kappa shape index (κ1) is 12.5. The lowest BCUT2D eigenvalue weighted by Gasteiger charge is -2.32. The molecule has 0 unspecified atom stereocenters. The van der Waals surface area contributed by atoms with E-state index in [2.05, 4.69) is 25.6 Å². The SMILES string of the molecule is COCCOc1nsnc1N1CCN(C)CC1. The van der Waals surface area contributed by atoms with Crippen molar-refractivity contribution in [1.82, 2.24) is 13.6 Å². The van der Waals surface area contributed by atoms with Gasteiger partial charge in [-0.1, -0.05) is 0 Å². The van der Waals surface area contributed by atoms with Crippen molar-refractivity contribution < 1.29 is 9.47 Å². The highest BCUT2D eigenvalue weighted by molar-refractivity contribution is 6.99. The van der Waals surface area contributed by atoms with Crippen molar-refractivity contribution >= 4 is 17.5 Å². The average molecular weight is 258 g/mol. The van der Waals surface area contributed by atoms with Gasteiger partial charge >= 0.3 is 0 Å². The van der Waals surface area contributed by atoms with Gasteiger partial charge in [-0.05, 0) is 7.05 Å². The molecule has 96 valence electrons. The summed E-state index contributed by atoms with van der Waals surface area (Å²) in [5.74, 6) is 1.51. The van der Waals surface area contributed by atoms with Gasteiger partial charge < -0.3 is 19.3 Å². The summed E-state index contributed by atoms with van der Waals surface area (Å²) < 4.78 is 19.0. The lowest BCUT2D eigenvalue weighted by molar-refractivity contribution is 0.144. The van der Waals surface area contributed by atoms with Crippen molar-refractivity contribution in [3.05, 3.63) is 0 Å². The van der Waals surface area contributed by atoms with E-state index in [9.17, 15) is 0 Å². The third kappa shape index (κ3) is 3.27. The van der Waals surface area contributed by atoms with Crippen molar-refractivity contribution in [1.29, 1.82) is 0 Å². The van der Waals surface area contributed by atoms with Gasteiger partial charge in [0, 0.05) is 33.3 Å². The summed E-state index contributed by atoms with van der Waals surface area (Å²) >= 11 is 1.20. The molecule has 0 radical (unpaired) electrons. The molecule has 0 N–H and O–H groups in total. The zero-order valence-corrected chi connectivity index (χ0v) is 11.1. The van der Waals surface area contributed by atoms with E-state index in [4.69, 9.17) is 9.47 Å². The number of aromatic nitrogens is 2. The molecule has 0 spiro atoms. The molecule has 0 aliphatic carbocycles. The summed E-state index contributed by atoms with van der Waals surface area (Å²) in [6.07, 6.45) is 0. The summed E-state index contributed by atoms with van der Waals surface area (Å²) in [5, 5.41) is 0. The van der Waals surface area contributed by atoms with Gasteiger partial charge in [-0.25, -0.2) is 0 Å². The van der Waals surface area contributed by atoms with Crippen LogP contribution in [0.3, 0.4) is 0 Å². The number of rotatable bonds is 5. The van der Waals surface area contributed by atoms with Crippen molar-refractivity contribution in [3.8, 4) is 5.88 Å². The Kier molecular flexibility index (Phi) is 4.52. The highest BCUT2D eigenvalue weighted by Crippen LogP contribution is 2.26. The number of anilines is 1. The molecule has 7 heteroatoms. The molecule has 6 nitrogen and oxygen atoms in total. The van der Waals surface area contributed by atoms with E-state index in [-0.39, 0.29) is 0 Å². The lowest BCUT2D eigenvalue weighted by Crippen LogP contribution is -2.44. The minimum Gasteiger partial charge on any atom is -0.472 e. The minimum atomic E-state index is 0.517. The van der Waals surface area contributed by atoms with Gasteiger partial charge in [0.25, 0.3) is 5.88 Å². The Morgan fingerprint density at radius 3 is 2.65 bits per heavy atom. The predicted octanol–water partition coefficient (Wildman–Crippen LogP) is 0.315. The Hall–Kier alpha value is -0.920. The first-order chi connectivity index (χ1) is 8.31. The Morgan fingerprint density at radius 2 is 1.94 bits per heavy atom. The van der Waals surface area contributed by atoms with Crippen molar-refractivity contribution in [2.75, 3.05) is 58.5 Å². The van der Waals surface area contributed by atoms with Crippen LogP contribution in [0.4, 0.5) is 5.82 Å². The molecular formula is C10H18N4O2S. The number of piperazine rings is 1. The maximum absolute atomic E-state index is 5.55. The van der Waals surface area contributed by atoms with E-state index >= 15 is 0 Å². The number of methoxy groups -OCH3 is 1. The summed E-state index contributed by atoms with van der Waals surface area (Å²) in [6.45, 7) is 5.14. The highest BCUT2D eigenvalue weighted by atomic mass is 32.1. The Labute approximate surface area is 105 Å². The van der Waals surface area contributed by atoms with E-state index in [0.717, 1.165) is 32.0 Å². The van der Waals surface area contributed by atoms with E-state index in [1.807, 2.05) is 0 Å². The average Bonchev–Trinajstić information content (AvgIpc) is 2.79. The number of hydrogen-bond acceptors (Lipinski definition) is 7. The molecule has 2 rings (SSSR count). The van der Waals surface area contributed by atoms with Crippen LogP contribution in [0.1, 0.15) is 0 Å². The maximum Gasteiger partial charge on any atom is 0.270 e. The van der Waals surface area contributed by atoms with Crippen LogP contribution in [0.25, 0.3) is 0 Å². The van der Waals surface area contributed by atoms with Gasteiger partial charge in [-0.3, -0.25) is 0 Å². The van der Waals surface area contributed by atoms with Gasteiger partial charge in [0.2, 0.25) is 5.82 Å². The standard InChI is InChI=1S/C10H18N4O2S/c1-13-3-5-14(6-4-13)9-10(12-17-11-9)16-8-7-15-2/h3-8H2,1-2H3. The molecule has 0 amide bonds. The molecule has 0 bridgehead atoms. The van der Waals surface area contributed by atoms with Gasteiger partial charge in [0.15, 0.2) is 0 Å². The summed E-state index contributed by atoms with van der Waals surface area (Å²) in [4.78, 5) is 4.54. The molecule has 1 aromatic heterocycles. The second-order valence-corrected chi connectivity index (χ2v) is 4.55. The fourth-order valence-electron chi connectivity index (χ4n) is 1.70. The van der Waals surface area contributed by atoms with Crippen LogP contribution < -0.4 is 9.64 Å². The number of likely N-dealkylation sites (N-methyl/N-ethyl adjacent to an activating group) is 1. The van der Waals surface area contributed by atoms with E-state index < -0.39 is 0 Å². The van der Waals surface area contributed by atoms with E-state index in [0.29, 0.717) is 19.1 Å². The van der Waals surface area contributed by atoms with Crippen molar-refractivity contribution in [2.24, 2.45) is 0 Å². The second-order valence-electron chi connectivity index (χ2n) is 4.02. The van der Waals surface area contributed by atoms with E-state index in [1.165, 1.54) is 11.7 Å². The Morgan fingerprint density at radius 1 is 1.18 bits per heavy atom. The first-order valence-corrected chi connectivity index (χ1v) is 6.42. The molecule has 0 aromatic carbocycles. The lowest BCUT2D eigenvalue weighted by atomic mass is 10.3. The third-order valence-electron chi connectivity index (χ3n) is 2.77. The number of ether oxygens (including phenoxy) is 2. The number of hydrogen-bond donors (Lipinski definition) is 0. The van der Waals surface area contributed by atoms with Crippen LogP contribution in [0.5, 0.6) is 5.88 Å². The van der Waals surface area contributed by atoms with Crippen LogP contribution in [-0.4, -0.2) is 67.2 Å². The molecule has 1 aliphatic rings. The largest absolute Gasteiger partial charge is 0.472 e. The van der Waals surface area contributed by atoms with Gasteiger partial charge in [0.1, 0.15) is 6.61 Å². The maximum atomic E-state index is 5.55. The fraction of sp³-hybridized carbons (Fsp3) is 0.800. The van der Waals surface area contributed by atoms with E-state index in [1.54, 1.807) is 7.11 Å². The van der Waals surface area contributed by atoms with Gasteiger partial charge in [-0.15, -0.1) is 4.37 Å². The first-order valence-electron chi connectivity index (χ1n) is 5.69. The molecule has 2 heterocycles. The second kappa shape index (κ2) is 6.13. The zero-order chi connectivity index (χ0) is 12.1. The molecule has 1 aromatic rings. The summed E-state index contributed by atoms with van der Waals surface area (Å²) in [5.41, 5.74) is 0. The predicted molar refractivity (Wildman–Crippen MR) is 67.0 cm³/mol. The molecule has 0 atom stereocenters. The van der Waals surface area contributed by atoms with Crippen LogP contribution in [0, 0.1) is 0 Å². The number of nitrogens with zero attached hydrogens (tertiary/aromatic N) is 4. The molecule has 1 aliphatic heterocycles. The third-order valence-corrected chi connectivity index (χ3v) is 3.27. The van der Waals surface area contributed by atoms with Gasteiger partial charge in [-0.2, -0.15) is 4.37 Å². The Bertz CT molecular complexity index is 339. The van der Waals surface area contributed by atoms with Crippen molar-refractivity contribution in [3.63, 3.8) is 0 Å². The van der Waals surface area contributed by atoms with Crippen LogP contribution in [0.2, 0.25) is 0 Å². The highest BCUT2D eigenvalue weighted by Gasteiger charge is 2.21. The monoisotopic (exact) mass is 258 g/mol. The topological polar surface area (TPSA) is 50.7 Å². The van der Waals surface area contributed by atoms with Crippen LogP contribution >= 0.6 is 11.7 Å². The van der Waals surface area contributed by atoms with Crippen LogP contribution in [0.15, 0.2) is 0 Å². The molecule has 1 fully saturated rings. The van der Waals surface area contributed by atoms with Gasteiger partial charge in [0.05, 0.1) is 18.3 Å². The Balaban J connectivity index is 1.93. The van der Waals surface area contributed by atoms with Crippen molar-refractivity contribution in [2.45, 2.75) is 0 Å². The summed E-state index contributed by atoms with van der Waals surface area (Å²) in [6, 6.07) is 0. The smallest absolute Gasteiger partial charge is 0.270 e. The normalized spacial score (nSPS) is 17.4.